The van der Waals surface area contributed by atoms with Crippen molar-refractivity contribution in [3.05, 3.63) is 59.8 Å². The molecule has 0 radical (unpaired) electrons. The Kier molecular flexibility index (Phi) is 6.20. The van der Waals surface area contributed by atoms with Crippen molar-refractivity contribution >= 4 is 34.3 Å². The Bertz CT molecular complexity index is 1290. The van der Waals surface area contributed by atoms with Gasteiger partial charge >= 0.3 is 0 Å². The molecule has 0 aliphatic carbocycles. The number of nitrogens with one attached hydrogen (secondary N) is 2. The van der Waals surface area contributed by atoms with E-state index in [9.17, 15) is 4.79 Å². The summed E-state index contributed by atoms with van der Waals surface area (Å²) in [5.74, 6) is 0.986. The highest BCUT2D eigenvalue weighted by molar-refractivity contribution is 7.99. The van der Waals surface area contributed by atoms with E-state index in [1.807, 2.05) is 56.4 Å². The summed E-state index contributed by atoms with van der Waals surface area (Å²) in [6.45, 7) is 5.52. The minimum atomic E-state index is -0.0611. The summed E-state index contributed by atoms with van der Waals surface area (Å²) in [5, 5.41) is 13.8. The molecule has 0 saturated carbocycles. The molecule has 2 aromatic carbocycles. The van der Waals surface area contributed by atoms with Gasteiger partial charge in [-0.2, -0.15) is 0 Å². The van der Waals surface area contributed by atoms with Crippen LogP contribution in [0.25, 0.3) is 22.3 Å². The zero-order valence-electron chi connectivity index (χ0n) is 18.8. The number of carbonyl (C=O) groups is 1. The van der Waals surface area contributed by atoms with Crippen LogP contribution < -0.4 is 5.32 Å². The molecule has 2 N–H and O–H groups in total. The molecule has 1 fully saturated rings. The fourth-order valence-corrected chi connectivity index (χ4v) is 4.96. The Morgan fingerprint density at radius 1 is 1.21 bits per heavy atom. The van der Waals surface area contributed by atoms with E-state index in [2.05, 4.69) is 31.1 Å². The second-order valence-electron chi connectivity index (χ2n) is 8.38. The van der Waals surface area contributed by atoms with Gasteiger partial charge in [0.15, 0.2) is 11.0 Å². The summed E-state index contributed by atoms with van der Waals surface area (Å²) in [6.07, 6.45) is 4.19. The number of carbonyl (C=O) groups excluding carboxylic acids is 1. The van der Waals surface area contributed by atoms with Crippen LogP contribution in [0.1, 0.15) is 24.0 Å². The van der Waals surface area contributed by atoms with E-state index >= 15 is 0 Å². The number of benzene rings is 2. The molecule has 8 heteroatoms. The van der Waals surface area contributed by atoms with Gasteiger partial charge < -0.3 is 15.0 Å². The smallest absolute Gasteiger partial charge is 0.234 e. The number of H-pyrrole nitrogens is 1. The van der Waals surface area contributed by atoms with E-state index in [0.717, 1.165) is 63.7 Å². The van der Waals surface area contributed by atoms with Crippen LogP contribution in [0.5, 0.6) is 0 Å². The van der Waals surface area contributed by atoms with Crippen molar-refractivity contribution in [2.24, 2.45) is 0 Å². The molecule has 1 aliphatic rings. The van der Waals surface area contributed by atoms with Crippen LogP contribution >= 0.6 is 11.8 Å². The number of anilines is 1. The standard InChI is InChI=1S/C25H27N5O2S/c1-16-7-5-11-21(17(16)2)27-23(31)15-33-25-29-28-24(30(25)14-18-8-6-12-32-18)20-13-26-22-10-4-3-9-19(20)22/h3-5,7,9-11,13,18,26H,6,8,12,14-15H2,1-2H3,(H,27,31). The van der Waals surface area contributed by atoms with Crippen molar-refractivity contribution in [1.29, 1.82) is 0 Å². The molecule has 5 rings (SSSR count). The molecule has 2 aromatic heterocycles. The highest BCUT2D eigenvalue weighted by atomic mass is 32.2. The monoisotopic (exact) mass is 461 g/mol. The van der Waals surface area contributed by atoms with E-state index in [1.54, 1.807) is 0 Å². The molecule has 1 atom stereocenters. The largest absolute Gasteiger partial charge is 0.376 e. The zero-order chi connectivity index (χ0) is 22.8. The first-order chi connectivity index (χ1) is 16.1. The maximum Gasteiger partial charge on any atom is 0.234 e. The van der Waals surface area contributed by atoms with Crippen LogP contribution in [0.2, 0.25) is 0 Å². The molecule has 4 aromatic rings. The molecular weight excluding hydrogens is 434 g/mol. The average Bonchev–Trinajstić information content (AvgIpc) is 3.56. The van der Waals surface area contributed by atoms with Crippen LogP contribution in [0, 0.1) is 13.8 Å². The third-order valence-corrected chi connectivity index (χ3v) is 7.14. The van der Waals surface area contributed by atoms with Gasteiger partial charge in [-0.3, -0.25) is 9.36 Å². The molecule has 3 heterocycles. The van der Waals surface area contributed by atoms with E-state index in [0.29, 0.717) is 6.54 Å². The van der Waals surface area contributed by atoms with Gasteiger partial charge in [-0.05, 0) is 49.9 Å². The number of nitrogens with zero attached hydrogens (tertiary/aromatic N) is 3. The van der Waals surface area contributed by atoms with Gasteiger partial charge in [0.1, 0.15) is 0 Å². The Morgan fingerprint density at radius 2 is 2.09 bits per heavy atom. The first-order valence-electron chi connectivity index (χ1n) is 11.2. The van der Waals surface area contributed by atoms with Gasteiger partial charge in [-0.1, -0.05) is 42.1 Å². The summed E-state index contributed by atoms with van der Waals surface area (Å²) in [5.41, 5.74) is 5.14. The fraction of sp³-hybridized carbons (Fsp3) is 0.320. The van der Waals surface area contributed by atoms with Crippen LogP contribution in [0.4, 0.5) is 5.69 Å². The number of ether oxygens (including phenoxy) is 1. The summed E-state index contributed by atoms with van der Waals surface area (Å²) in [6, 6.07) is 14.1. The van der Waals surface area contributed by atoms with E-state index in [4.69, 9.17) is 4.74 Å². The van der Waals surface area contributed by atoms with Crippen molar-refractivity contribution in [3.8, 4) is 11.4 Å². The van der Waals surface area contributed by atoms with Crippen LogP contribution in [-0.2, 0) is 16.1 Å². The third kappa shape index (κ3) is 4.54. The molecule has 1 saturated heterocycles. The molecule has 1 aliphatic heterocycles. The predicted molar refractivity (Wildman–Crippen MR) is 132 cm³/mol. The van der Waals surface area contributed by atoms with Gasteiger partial charge in [-0.25, -0.2) is 0 Å². The topological polar surface area (TPSA) is 84.8 Å². The quantitative estimate of drug-likeness (QED) is 0.380. The fourth-order valence-electron chi connectivity index (χ4n) is 4.21. The minimum Gasteiger partial charge on any atom is -0.376 e. The normalized spacial score (nSPS) is 15.9. The van der Waals surface area contributed by atoms with Crippen molar-refractivity contribution < 1.29 is 9.53 Å². The molecule has 170 valence electrons. The third-order valence-electron chi connectivity index (χ3n) is 6.17. The molecular formula is C25H27N5O2S. The van der Waals surface area contributed by atoms with E-state index in [1.165, 1.54) is 11.8 Å². The summed E-state index contributed by atoms with van der Waals surface area (Å²) in [4.78, 5) is 16.0. The Morgan fingerprint density at radius 3 is 2.94 bits per heavy atom. The van der Waals surface area contributed by atoms with Crippen LogP contribution in [0.3, 0.4) is 0 Å². The number of fused-ring (bicyclic) bond motifs is 1. The Balaban J connectivity index is 1.39. The Hall–Kier alpha value is -3.10. The lowest BCUT2D eigenvalue weighted by Gasteiger charge is -2.15. The maximum absolute atomic E-state index is 12.7. The first kappa shape index (κ1) is 21.7. The number of aromatic nitrogens is 4. The number of aromatic amines is 1. The minimum absolute atomic E-state index is 0.0611. The number of thioether (sulfide) groups is 1. The average molecular weight is 462 g/mol. The number of hydrogen-bond donors (Lipinski definition) is 2. The SMILES string of the molecule is Cc1cccc(NC(=O)CSc2nnc(-c3c[nH]c4ccccc34)n2CC2CCCO2)c1C. The molecule has 1 unspecified atom stereocenters. The molecule has 0 bridgehead atoms. The summed E-state index contributed by atoms with van der Waals surface area (Å²) >= 11 is 1.40. The van der Waals surface area contributed by atoms with Crippen molar-refractivity contribution in [2.45, 2.75) is 44.5 Å². The van der Waals surface area contributed by atoms with Crippen molar-refractivity contribution in [2.75, 3.05) is 17.7 Å². The van der Waals surface area contributed by atoms with E-state index < -0.39 is 0 Å². The number of hydrogen-bond acceptors (Lipinski definition) is 5. The maximum atomic E-state index is 12.7. The number of rotatable bonds is 7. The zero-order valence-corrected chi connectivity index (χ0v) is 19.6. The number of aryl methyl sites for hydroxylation is 1. The summed E-state index contributed by atoms with van der Waals surface area (Å²) < 4.78 is 8.00. The van der Waals surface area contributed by atoms with Gasteiger partial charge in [0.25, 0.3) is 0 Å². The lowest BCUT2D eigenvalue weighted by molar-refractivity contribution is -0.113. The lowest BCUT2D eigenvalue weighted by Crippen LogP contribution is -2.18. The van der Waals surface area contributed by atoms with Crippen molar-refractivity contribution in [3.63, 3.8) is 0 Å². The van der Waals surface area contributed by atoms with Gasteiger partial charge in [-0.15, -0.1) is 10.2 Å². The van der Waals surface area contributed by atoms with Gasteiger partial charge in [0.2, 0.25) is 5.91 Å². The second-order valence-corrected chi connectivity index (χ2v) is 9.33. The van der Waals surface area contributed by atoms with Gasteiger partial charge in [0, 0.05) is 35.0 Å². The number of para-hydroxylation sites is 1. The first-order valence-corrected chi connectivity index (χ1v) is 12.2. The number of amides is 1. The highest BCUT2D eigenvalue weighted by Gasteiger charge is 2.23. The Labute approximate surface area is 196 Å². The van der Waals surface area contributed by atoms with Crippen LogP contribution in [0.15, 0.2) is 53.8 Å². The summed E-state index contributed by atoms with van der Waals surface area (Å²) in [7, 11) is 0. The second kappa shape index (κ2) is 9.41. The molecule has 0 spiro atoms. The van der Waals surface area contributed by atoms with E-state index in [-0.39, 0.29) is 17.8 Å². The predicted octanol–water partition coefficient (Wildman–Crippen LogP) is 4.95. The molecule has 1 amide bonds. The highest BCUT2D eigenvalue weighted by Crippen LogP contribution is 2.31. The van der Waals surface area contributed by atoms with Crippen LogP contribution in [-0.4, -0.2) is 44.1 Å². The molecule has 33 heavy (non-hydrogen) atoms. The van der Waals surface area contributed by atoms with Gasteiger partial charge in [0.05, 0.1) is 18.4 Å². The van der Waals surface area contributed by atoms with Crippen molar-refractivity contribution in [1.82, 2.24) is 19.7 Å². The lowest BCUT2D eigenvalue weighted by atomic mass is 10.1. The molecule has 7 nitrogen and oxygen atoms in total.